The van der Waals surface area contributed by atoms with Crippen LogP contribution in [0.5, 0.6) is 11.5 Å². The molecule has 3 rings (SSSR count). The van der Waals surface area contributed by atoms with E-state index in [1.54, 1.807) is 18.2 Å². The molecule has 7 nitrogen and oxygen atoms in total. The van der Waals surface area contributed by atoms with E-state index in [-0.39, 0.29) is 23.6 Å². The summed E-state index contributed by atoms with van der Waals surface area (Å²) in [6.45, 7) is 0.192. The van der Waals surface area contributed by atoms with Crippen LogP contribution in [0.1, 0.15) is 23.6 Å². The molecule has 2 aromatic carbocycles. The van der Waals surface area contributed by atoms with Gasteiger partial charge >= 0.3 is 5.97 Å². The molecule has 1 atom stereocenters. The normalized spacial score (nSPS) is 17.2. The summed E-state index contributed by atoms with van der Waals surface area (Å²) >= 11 is 0. The fraction of sp³-hybridized carbons (Fsp3) is 0.316. The summed E-state index contributed by atoms with van der Waals surface area (Å²) in [5.41, 5.74) is 1.68. The lowest BCUT2D eigenvalue weighted by Gasteiger charge is -2.35. The van der Waals surface area contributed by atoms with Crippen LogP contribution in [0, 0.1) is 0 Å². The number of hydrogen-bond donors (Lipinski definition) is 1. The summed E-state index contributed by atoms with van der Waals surface area (Å²) < 4.78 is 38.5. The van der Waals surface area contributed by atoms with Gasteiger partial charge in [0.1, 0.15) is 16.4 Å². The smallest absolute Gasteiger partial charge is 0.305 e. The van der Waals surface area contributed by atoms with Gasteiger partial charge in [-0.05, 0) is 29.7 Å². The summed E-state index contributed by atoms with van der Waals surface area (Å²) in [6.07, 6.45) is 0.195. The monoisotopic (exact) mass is 391 g/mol. The third-order valence-corrected chi connectivity index (χ3v) is 6.62. The van der Waals surface area contributed by atoms with Crippen LogP contribution >= 0.6 is 0 Å². The molecule has 0 amide bonds. The van der Waals surface area contributed by atoms with E-state index in [0.717, 1.165) is 11.1 Å². The number of benzene rings is 2. The van der Waals surface area contributed by atoms with Gasteiger partial charge in [-0.1, -0.05) is 24.3 Å². The Balaban J connectivity index is 2.12. The number of hydrogen-bond acceptors (Lipinski definition) is 5. The molecule has 2 aromatic rings. The van der Waals surface area contributed by atoms with E-state index in [0.29, 0.717) is 12.2 Å². The van der Waals surface area contributed by atoms with Gasteiger partial charge in [-0.2, -0.15) is 4.31 Å². The van der Waals surface area contributed by atoms with Gasteiger partial charge in [0, 0.05) is 12.6 Å². The predicted molar refractivity (Wildman–Crippen MR) is 98.6 cm³/mol. The zero-order valence-electron chi connectivity index (χ0n) is 15.1. The lowest BCUT2D eigenvalue weighted by Crippen LogP contribution is -2.41. The van der Waals surface area contributed by atoms with Gasteiger partial charge in [0.2, 0.25) is 10.0 Å². The van der Waals surface area contributed by atoms with Crippen molar-refractivity contribution in [1.82, 2.24) is 4.31 Å². The molecule has 0 aromatic heterocycles. The van der Waals surface area contributed by atoms with Crippen LogP contribution in [0.15, 0.2) is 47.4 Å². The van der Waals surface area contributed by atoms with Crippen LogP contribution in [-0.4, -0.2) is 44.6 Å². The highest BCUT2D eigenvalue weighted by Crippen LogP contribution is 2.39. The number of sulfonamides is 1. The van der Waals surface area contributed by atoms with E-state index < -0.39 is 22.0 Å². The molecule has 0 saturated carbocycles. The summed E-state index contributed by atoms with van der Waals surface area (Å²) in [4.78, 5) is 11.4. The summed E-state index contributed by atoms with van der Waals surface area (Å²) in [5.74, 6) is -0.500. The topological polar surface area (TPSA) is 93.1 Å². The lowest BCUT2D eigenvalue weighted by molar-refractivity contribution is -0.138. The zero-order valence-corrected chi connectivity index (χ0v) is 15.9. The maximum atomic E-state index is 13.4. The van der Waals surface area contributed by atoms with Crippen molar-refractivity contribution in [1.29, 1.82) is 0 Å². The highest BCUT2D eigenvalue weighted by atomic mass is 32.2. The van der Waals surface area contributed by atoms with Crippen LogP contribution in [-0.2, 0) is 21.2 Å². The molecule has 0 saturated heterocycles. The average molecular weight is 391 g/mol. The van der Waals surface area contributed by atoms with E-state index in [9.17, 15) is 18.3 Å². The molecule has 0 fully saturated rings. The van der Waals surface area contributed by atoms with Gasteiger partial charge in [0.05, 0.1) is 26.7 Å². The van der Waals surface area contributed by atoms with Crippen LogP contribution < -0.4 is 9.47 Å². The van der Waals surface area contributed by atoms with Crippen molar-refractivity contribution in [3.63, 3.8) is 0 Å². The van der Waals surface area contributed by atoms with E-state index in [2.05, 4.69) is 0 Å². The first-order valence-electron chi connectivity index (χ1n) is 8.42. The maximum absolute atomic E-state index is 13.4. The van der Waals surface area contributed by atoms with Crippen molar-refractivity contribution < 1.29 is 27.8 Å². The van der Waals surface area contributed by atoms with Crippen molar-refractivity contribution in [3.8, 4) is 11.5 Å². The Kier molecular flexibility index (Phi) is 5.38. The number of rotatable bonds is 6. The Hall–Kier alpha value is -2.58. The van der Waals surface area contributed by atoms with E-state index in [1.807, 2.05) is 12.1 Å². The molecule has 1 unspecified atom stereocenters. The molecular formula is C19H21NO6S. The predicted octanol–water partition coefficient (Wildman–Crippen LogP) is 2.47. The second-order valence-electron chi connectivity index (χ2n) is 6.20. The third kappa shape index (κ3) is 3.63. The Labute approximate surface area is 158 Å². The van der Waals surface area contributed by atoms with Gasteiger partial charge in [0.25, 0.3) is 0 Å². The molecule has 1 aliphatic heterocycles. The van der Waals surface area contributed by atoms with Crippen molar-refractivity contribution in [2.45, 2.75) is 23.8 Å². The molecule has 8 heteroatoms. The Bertz CT molecular complexity index is 956. The minimum absolute atomic E-state index is 0.0425. The number of carboxylic acid groups (broad SMARTS) is 1. The van der Waals surface area contributed by atoms with Crippen LogP contribution in [0.3, 0.4) is 0 Å². The minimum atomic E-state index is -4.01. The lowest BCUT2D eigenvalue weighted by atomic mass is 9.92. The van der Waals surface area contributed by atoms with Crippen LogP contribution in [0.25, 0.3) is 0 Å². The summed E-state index contributed by atoms with van der Waals surface area (Å²) in [7, 11) is -1.17. The second kappa shape index (κ2) is 7.58. The van der Waals surface area contributed by atoms with Crippen LogP contribution in [0.4, 0.5) is 0 Å². The molecule has 1 heterocycles. The van der Waals surface area contributed by atoms with Crippen LogP contribution in [0.2, 0.25) is 0 Å². The SMILES string of the molecule is COc1ccc(OC)c(S(=O)(=O)N2CCc3ccccc3C2CC(=O)O)c1. The zero-order chi connectivity index (χ0) is 19.6. The number of carboxylic acids is 1. The van der Waals surface area contributed by atoms with Crippen molar-refractivity contribution in [3.05, 3.63) is 53.6 Å². The minimum Gasteiger partial charge on any atom is -0.497 e. The Morgan fingerprint density at radius 1 is 1.19 bits per heavy atom. The third-order valence-electron chi connectivity index (χ3n) is 4.69. The summed E-state index contributed by atoms with van der Waals surface area (Å²) in [6, 6.07) is 11.1. The first-order valence-corrected chi connectivity index (χ1v) is 9.86. The van der Waals surface area contributed by atoms with Gasteiger partial charge < -0.3 is 14.6 Å². The fourth-order valence-corrected chi connectivity index (χ4v) is 5.18. The molecular weight excluding hydrogens is 370 g/mol. The van der Waals surface area contributed by atoms with Crippen molar-refractivity contribution in [2.24, 2.45) is 0 Å². The fourth-order valence-electron chi connectivity index (χ4n) is 3.41. The van der Waals surface area contributed by atoms with E-state index >= 15 is 0 Å². The number of fused-ring (bicyclic) bond motifs is 1. The average Bonchev–Trinajstić information content (AvgIpc) is 2.67. The second-order valence-corrected chi connectivity index (χ2v) is 8.05. The summed E-state index contributed by atoms with van der Waals surface area (Å²) in [5, 5.41) is 9.36. The molecule has 27 heavy (non-hydrogen) atoms. The molecule has 0 aliphatic carbocycles. The highest BCUT2D eigenvalue weighted by molar-refractivity contribution is 7.89. The Morgan fingerprint density at radius 2 is 1.93 bits per heavy atom. The Morgan fingerprint density at radius 3 is 2.59 bits per heavy atom. The van der Waals surface area contributed by atoms with Gasteiger partial charge in [-0.25, -0.2) is 8.42 Å². The molecule has 1 aliphatic rings. The first kappa shape index (κ1) is 19.2. The van der Waals surface area contributed by atoms with Gasteiger partial charge in [-0.3, -0.25) is 4.79 Å². The number of aliphatic carboxylic acids is 1. The molecule has 144 valence electrons. The molecule has 0 radical (unpaired) electrons. The van der Waals surface area contributed by atoms with Crippen molar-refractivity contribution in [2.75, 3.05) is 20.8 Å². The van der Waals surface area contributed by atoms with Gasteiger partial charge in [0.15, 0.2) is 0 Å². The molecule has 0 spiro atoms. The highest BCUT2D eigenvalue weighted by Gasteiger charge is 2.39. The molecule has 0 bridgehead atoms. The number of ether oxygens (including phenoxy) is 2. The maximum Gasteiger partial charge on any atom is 0.305 e. The van der Waals surface area contributed by atoms with E-state index in [1.165, 1.54) is 30.7 Å². The number of carbonyl (C=O) groups is 1. The molecule has 1 N–H and O–H groups in total. The standard InChI is InChI=1S/C19H21NO6S/c1-25-14-7-8-17(26-2)18(11-14)27(23,24)20-10-9-13-5-3-4-6-15(13)16(20)12-19(21)22/h3-8,11,16H,9-10,12H2,1-2H3,(H,21,22). The quantitative estimate of drug-likeness (QED) is 0.813. The number of methoxy groups -OCH3 is 2. The largest absolute Gasteiger partial charge is 0.497 e. The first-order chi connectivity index (χ1) is 12.9. The number of nitrogens with zero attached hydrogens (tertiary/aromatic N) is 1. The van der Waals surface area contributed by atoms with Crippen molar-refractivity contribution >= 4 is 16.0 Å². The van der Waals surface area contributed by atoms with E-state index in [4.69, 9.17) is 9.47 Å². The van der Waals surface area contributed by atoms with Gasteiger partial charge in [-0.15, -0.1) is 0 Å².